The Balaban J connectivity index is 2.34. The van der Waals surface area contributed by atoms with E-state index >= 15 is 0 Å². The first-order valence-electron chi connectivity index (χ1n) is 6.05. The number of aryl methyl sites for hydroxylation is 1. The van der Waals surface area contributed by atoms with E-state index in [9.17, 15) is 4.79 Å². The Bertz CT molecular complexity index is 807. The third-order valence-electron chi connectivity index (χ3n) is 3.09. The standard InChI is InChI=1S/C14H10Cl2N2OS/c1-2-12-13(8-3-4-10(15)11(16)5-8)18-9(7-19)6-17-14(18)20-12/h3-7H,2H2,1H3. The molecule has 1 aromatic carbocycles. The normalized spacial score (nSPS) is 11.2. The molecule has 0 atom stereocenters. The van der Waals surface area contributed by atoms with Crippen molar-refractivity contribution in [1.82, 2.24) is 9.38 Å². The van der Waals surface area contributed by atoms with Gasteiger partial charge >= 0.3 is 0 Å². The van der Waals surface area contributed by atoms with Crippen LogP contribution in [-0.4, -0.2) is 15.7 Å². The number of aromatic nitrogens is 2. The molecule has 0 aliphatic heterocycles. The molecular formula is C14H10Cl2N2OS. The van der Waals surface area contributed by atoms with Crippen LogP contribution in [-0.2, 0) is 6.42 Å². The number of carbonyl (C=O) groups is 1. The maximum absolute atomic E-state index is 11.2. The maximum Gasteiger partial charge on any atom is 0.194 e. The first kappa shape index (κ1) is 13.6. The zero-order valence-corrected chi connectivity index (χ0v) is 12.9. The van der Waals surface area contributed by atoms with Crippen molar-refractivity contribution in [3.63, 3.8) is 0 Å². The Hall–Kier alpha value is -1.36. The van der Waals surface area contributed by atoms with Crippen LogP contribution in [0.1, 0.15) is 22.3 Å². The summed E-state index contributed by atoms with van der Waals surface area (Å²) in [4.78, 5) is 17.4. The lowest BCUT2D eigenvalue weighted by molar-refractivity contribution is 0.111. The number of hydrogen-bond donors (Lipinski definition) is 0. The summed E-state index contributed by atoms with van der Waals surface area (Å²) in [5.41, 5.74) is 2.44. The van der Waals surface area contributed by atoms with Gasteiger partial charge in [0.1, 0.15) is 5.69 Å². The SMILES string of the molecule is CCc1sc2ncc(C=O)n2c1-c1ccc(Cl)c(Cl)c1. The molecule has 0 saturated carbocycles. The van der Waals surface area contributed by atoms with E-state index in [1.165, 1.54) is 0 Å². The van der Waals surface area contributed by atoms with E-state index in [1.807, 2.05) is 16.5 Å². The van der Waals surface area contributed by atoms with Gasteiger partial charge in [0.05, 0.1) is 21.9 Å². The van der Waals surface area contributed by atoms with Crippen LogP contribution >= 0.6 is 34.5 Å². The van der Waals surface area contributed by atoms with Crippen molar-refractivity contribution in [3.05, 3.63) is 45.0 Å². The maximum atomic E-state index is 11.2. The van der Waals surface area contributed by atoms with Gasteiger partial charge in [-0.05, 0) is 18.6 Å². The predicted octanol–water partition coefficient (Wildman–Crippen LogP) is 4.74. The Morgan fingerprint density at radius 3 is 2.80 bits per heavy atom. The molecule has 3 aromatic rings. The molecular weight excluding hydrogens is 315 g/mol. The number of fused-ring (bicyclic) bond motifs is 1. The number of carbonyl (C=O) groups excluding carboxylic acids is 1. The van der Waals surface area contributed by atoms with Gasteiger partial charge in [0.25, 0.3) is 0 Å². The van der Waals surface area contributed by atoms with Gasteiger partial charge in [0.15, 0.2) is 11.2 Å². The van der Waals surface area contributed by atoms with Crippen LogP contribution in [0.3, 0.4) is 0 Å². The number of halogens is 2. The molecule has 0 spiro atoms. The predicted molar refractivity (Wildman–Crippen MR) is 83.3 cm³/mol. The minimum absolute atomic E-state index is 0.498. The summed E-state index contributed by atoms with van der Waals surface area (Å²) in [5, 5.41) is 1.01. The van der Waals surface area contributed by atoms with Crippen molar-refractivity contribution in [1.29, 1.82) is 0 Å². The van der Waals surface area contributed by atoms with Crippen LogP contribution in [0.5, 0.6) is 0 Å². The van der Waals surface area contributed by atoms with E-state index in [1.54, 1.807) is 23.6 Å². The lowest BCUT2D eigenvalue weighted by Crippen LogP contribution is -1.94. The highest BCUT2D eigenvalue weighted by Gasteiger charge is 2.17. The summed E-state index contributed by atoms with van der Waals surface area (Å²) in [6, 6.07) is 5.49. The summed E-state index contributed by atoms with van der Waals surface area (Å²) in [7, 11) is 0. The fourth-order valence-electron chi connectivity index (χ4n) is 2.18. The molecule has 3 rings (SSSR count). The number of hydrogen-bond acceptors (Lipinski definition) is 3. The Morgan fingerprint density at radius 2 is 2.15 bits per heavy atom. The summed E-state index contributed by atoms with van der Waals surface area (Å²) in [6.45, 7) is 2.08. The van der Waals surface area contributed by atoms with Gasteiger partial charge in [-0.3, -0.25) is 9.20 Å². The Morgan fingerprint density at radius 1 is 1.35 bits per heavy atom. The molecule has 2 aromatic heterocycles. The zero-order valence-electron chi connectivity index (χ0n) is 10.6. The van der Waals surface area contributed by atoms with E-state index in [4.69, 9.17) is 23.2 Å². The van der Waals surface area contributed by atoms with Crippen molar-refractivity contribution in [2.45, 2.75) is 13.3 Å². The summed E-state index contributed by atoms with van der Waals surface area (Å²) < 4.78 is 1.87. The van der Waals surface area contributed by atoms with Crippen molar-refractivity contribution in [2.75, 3.05) is 0 Å². The van der Waals surface area contributed by atoms with Crippen LogP contribution in [0.25, 0.3) is 16.2 Å². The average Bonchev–Trinajstić information content (AvgIpc) is 2.99. The molecule has 3 nitrogen and oxygen atoms in total. The third kappa shape index (κ3) is 2.04. The molecule has 0 aliphatic rings. The molecule has 0 unspecified atom stereocenters. The first-order valence-corrected chi connectivity index (χ1v) is 7.62. The van der Waals surface area contributed by atoms with Gasteiger partial charge in [-0.2, -0.15) is 0 Å². The number of nitrogens with zero attached hydrogens (tertiary/aromatic N) is 2. The van der Waals surface area contributed by atoms with Gasteiger partial charge in [-0.15, -0.1) is 11.3 Å². The number of imidazole rings is 1. The number of benzene rings is 1. The van der Waals surface area contributed by atoms with Gasteiger partial charge in [-0.25, -0.2) is 4.98 Å². The number of thiazole rings is 1. The minimum atomic E-state index is 0.498. The average molecular weight is 325 g/mol. The van der Waals surface area contributed by atoms with Crippen molar-refractivity contribution in [2.24, 2.45) is 0 Å². The van der Waals surface area contributed by atoms with Crippen LogP contribution in [0.2, 0.25) is 10.0 Å². The van der Waals surface area contributed by atoms with Crippen molar-refractivity contribution < 1.29 is 4.79 Å². The Labute approximate surface area is 129 Å². The number of aldehydes is 1. The fourth-order valence-corrected chi connectivity index (χ4v) is 3.55. The Kier molecular flexibility index (Phi) is 3.54. The molecule has 0 bridgehead atoms. The second-order valence-electron chi connectivity index (χ2n) is 4.28. The molecule has 0 N–H and O–H groups in total. The summed E-state index contributed by atoms with van der Waals surface area (Å²) >= 11 is 13.7. The monoisotopic (exact) mass is 324 g/mol. The van der Waals surface area contributed by atoms with Gasteiger partial charge in [0.2, 0.25) is 0 Å². The van der Waals surface area contributed by atoms with Crippen LogP contribution in [0.4, 0.5) is 0 Å². The van der Waals surface area contributed by atoms with Gasteiger partial charge in [0, 0.05) is 10.4 Å². The highest BCUT2D eigenvalue weighted by atomic mass is 35.5. The van der Waals surface area contributed by atoms with Crippen molar-refractivity contribution in [3.8, 4) is 11.3 Å². The number of rotatable bonds is 3. The molecule has 6 heteroatoms. The first-order chi connectivity index (χ1) is 9.65. The largest absolute Gasteiger partial charge is 0.296 e. The molecule has 0 radical (unpaired) electrons. The molecule has 0 aliphatic carbocycles. The van der Waals surface area contributed by atoms with Gasteiger partial charge < -0.3 is 0 Å². The molecule has 102 valence electrons. The van der Waals surface area contributed by atoms with E-state index in [2.05, 4.69) is 11.9 Å². The summed E-state index contributed by atoms with van der Waals surface area (Å²) in [6.07, 6.45) is 3.26. The van der Waals surface area contributed by atoms with E-state index < -0.39 is 0 Å². The highest BCUT2D eigenvalue weighted by Crippen LogP contribution is 2.35. The van der Waals surface area contributed by atoms with Crippen LogP contribution in [0, 0.1) is 0 Å². The fraction of sp³-hybridized carbons (Fsp3) is 0.143. The van der Waals surface area contributed by atoms with Crippen LogP contribution in [0.15, 0.2) is 24.4 Å². The smallest absolute Gasteiger partial charge is 0.194 e. The topological polar surface area (TPSA) is 34.4 Å². The van der Waals surface area contributed by atoms with Gasteiger partial charge in [-0.1, -0.05) is 36.2 Å². The summed E-state index contributed by atoms with van der Waals surface area (Å²) in [5.74, 6) is 0. The van der Waals surface area contributed by atoms with E-state index in [-0.39, 0.29) is 0 Å². The molecule has 20 heavy (non-hydrogen) atoms. The van der Waals surface area contributed by atoms with Crippen molar-refractivity contribution >= 4 is 45.8 Å². The quantitative estimate of drug-likeness (QED) is 0.652. The highest BCUT2D eigenvalue weighted by molar-refractivity contribution is 7.17. The molecule has 0 saturated heterocycles. The van der Waals surface area contributed by atoms with E-state index in [0.717, 1.165) is 33.8 Å². The lowest BCUT2D eigenvalue weighted by atomic mass is 10.1. The second-order valence-corrected chi connectivity index (χ2v) is 6.15. The molecule has 0 fully saturated rings. The lowest BCUT2D eigenvalue weighted by Gasteiger charge is -2.06. The zero-order chi connectivity index (χ0) is 14.3. The minimum Gasteiger partial charge on any atom is -0.296 e. The molecule has 0 amide bonds. The third-order valence-corrected chi connectivity index (χ3v) is 5.03. The second kappa shape index (κ2) is 5.20. The van der Waals surface area contributed by atoms with E-state index in [0.29, 0.717) is 15.7 Å². The molecule has 2 heterocycles. The van der Waals surface area contributed by atoms with Crippen LogP contribution < -0.4 is 0 Å².